The number of amides is 1. The van der Waals surface area contributed by atoms with Gasteiger partial charge in [0.1, 0.15) is 11.9 Å². The van der Waals surface area contributed by atoms with Crippen molar-refractivity contribution in [2.24, 2.45) is 5.14 Å². The molecule has 10 heteroatoms. The Bertz CT molecular complexity index is 1180. The fourth-order valence-corrected chi connectivity index (χ4v) is 4.77. The van der Waals surface area contributed by atoms with Crippen LogP contribution in [0.4, 0.5) is 15.8 Å². The lowest BCUT2D eigenvalue weighted by molar-refractivity contribution is 0.0747. The van der Waals surface area contributed by atoms with Crippen molar-refractivity contribution in [3.8, 4) is 6.07 Å². The molecule has 0 aromatic heterocycles. The lowest BCUT2D eigenvalue weighted by atomic mass is 10.1. The molecule has 0 spiro atoms. The molecule has 2 saturated heterocycles. The van der Waals surface area contributed by atoms with Crippen LogP contribution in [0.2, 0.25) is 0 Å². The molecule has 1 amide bonds. The quantitative estimate of drug-likeness (QED) is 0.751. The maximum atomic E-state index is 14.0. The summed E-state index contributed by atoms with van der Waals surface area (Å²) in [7, 11) is -3.94. The number of benzene rings is 2. The van der Waals surface area contributed by atoms with Gasteiger partial charge >= 0.3 is 0 Å². The maximum Gasteiger partial charge on any atom is 0.256 e. The maximum absolute atomic E-state index is 14.0. The van der Waals surface area contributed by atoms with E-state index in [9.17, 15) is 17.6 Å². The molecular formula is C22H24FN5O3S. The van der Waals surface area contributed by atoms with Crippen LogP contribution in [0.5, 0.6) is 0 Å². The largest absolute Gasteiger partial charge is 0.371 e. The number of nitriles is 1. The molecule has 0 aliphatic carbocycles. The SMILES string of the molecule is N#Cc1ccc(N2CCN(C(=O)c3cc(S(N)(=O)=O)ccc3N3CCCC3)CC2)cc1F. The number of hydrogen-bond donors (Lipinski definition) is 1. The lowest BCUT2D eigenvalue weighted by Crippen LogP contribution is -2.49. The van der Waals surface area contributed by atoms with Crippen LogP contribution in [0, 0.1) is 17.1 Å². The summed E-state index contributed by atoms with van der Waals surface area (Å²) in [6, 6.07) is 10.8. The van der Waals surface area contributed by atoms with E-state index >= 15 is 0 Å². The molecule has 0 unspecified atom stereocenters. The van der Waals surface area contributed by atoms with Gasteiger partial charge in [-0.1, -0.05) is 0 Å². The number of piperazine rings is 1. The van der Waals surface area contributed by atoms with Crippen molar-refractivity contribution < 1.29 is 17.6 Å². The zero-order valence-electron chi connectivity index (χ0n) is 17.5. The van der Waals surface area contributed by atoms with E-state index in [-0.39, 0.29) is 16.4 Å². The minimum atomic E-state index is -3.94. The van der Waals surface area contributed by atoms with E-state index in [0.717, 1.165) is 31.6 Å². The topological polar surface area (TPSA) is 111 Å². The molecule has 2 heterocycles. The van der Waals surface area contributed by atoms with Crippen LogP contribution in [-0.2, 0) is 10.0 Å². The van der Waals surface area contributed by atoms with Gasteiger partial charge in [-0.2, -0.15) is 5.26 Å². The van der Waals surface area contributed by atoms with E-state index in [1.54, 1.807) is 23.1 Å². The van der Waals surface area contributed by atoms with E-state index in [0.29, 0.717) is 37.4 Å². The highest BCUT2D eigenvalue weighted by atomic mass is 32.2. The van der Waals surface area contributed by atoms with Crippen LogP contribution < -0.4 is 14.9 Å². The monoisotopic (exact) mass is 457 g/mol. The predicted octanol–water partition coefficient (Wildman–Crippen LogP) is 1.91. The summed E-state index contributed by atoms with van der Waals surface area (Å²) in [5, 5.41) is 14.2. The minimum absolute atomic E-state index is 0.00764. The number of rotatable bonds is 4. The zero-order valence-corrected chi connectivity index (χ0v) is 18.3. The number of halogens is 1. The van der Waals surface area contributed by atoms with E-state index in [1.807, 2.05) is 4.90 Å². The van der Waals surface area contributed by atoms with Crippen molar-refractivity contribution >= 4 is 27.3 Å². The third-order valence-electron chi connectivity index (χ3n) is 5.98. The molecule has 0 atom stereocenters. The van der Waals surface area contributed by atoms with Gasteiger partial charge in [-0.05, 0) is 49.2 Å². The van der Waals surface area contributed by atoms with Crippen molar-refractivity contribution in [3.63, 3.8) is 0 Å². The third-order valence-corrected chi connectivity index (χ3v) is 6.89. The number of anilines is 2. The van der Waals surface area contributed by atoms with Crippen LogP contribution in [-0.4, -0.2) is 58.5 Å². The molecule has 0 saturated carbocycles. The average Bonchev–Trinajstić information content (AvgIpc) is 3.32. The molecule has 32 heavy (non-hydrogen) atoms. The van der Waals surface area contributed by atoms with Crippen LogP contribution in [0.15, 0.2) is 41.3 Å². The molecule has 2 fully saturated rings. The van der Waals surface area contributed by atoms with Gasteiger partial charge in [-0.3, -0.25) is 4.79 Å². The summed E-state index contributed by atoms with van der Waals surface area (Å²) < 4.78 is 37.7. The number of primary sulfonamides is 1. The van der Waals surface area contributed by atoms with Crippen LogP contribution in [0.1, 0.15) is 28.8 Å². The molecule has 2 aromatic carbocycles. The van der Waals surface area contributed by atoms with E-state index in [1.165, 1.54) is 24.3 Å². The Hall–Kier alpha value is -3.16. The summed E-state index contributed by atoms with van der Waals surface area (Å²) in [5.41, 5.74) is 1.70. The molecule has 0 radical (unpaired) electrons. The zero-order chi connectivity index (χ0) is 22.9. The van der Waals surface area contributed by atoms with Crippen molar-refractivity contribution in [2.75, 3.05) is 49.1 Å². The summed E-state index contributed by atoms with van der Waals surface area (Å²) in [5.74, 6) is -0.818. The first-order valence-corrected chi connectivity index (χ1v) is 12.0. The van der Waals surface area contributed by atoms with Gasteiger partial charge in [-0.15, -0.1) is 0 Å². The summed E-state index contributed by atoms with van der Waals surface area (Å²) >= 11 is 0. The highest BCUT2D eigenvalue weighted by Crippen LogP contribution is 2.29. The second-order valence-electron chi connectivity index (χ2n) is 7.97. The molecule has 4 rings (SSSR count). The van der Waals surface area contributed by atoms with Crippen LogP contribution in [0.25, 0.3) is 0 Å². The van der Waals surface area contributed by atoms with Gasteiger partial charge < -0.3 is 14.7 Å². The Morgan fingerprint density at radius 2 is 1.66 bits per heavy atom. The van der Waals surface area contributed by atoms with Crippen LogP contribution in [0.3, 0.4) is 0 Å². The molecule has 168 valence electrons. The lowest BCUT2D eigenvalue weighted by Gasteiger charge is -2.36. The van der Waals surface area contributed by atoms with Gasteiger partial charge in [0.25, 0.3) is 5.91 Å². The van der Waals surface area contributed by atoms with E-state index in [4.69, 9.17) is 10.4 Å². The molecule has 2 aromatic rings. The summed E-state index contributed by atoms with van der Waals surface area (Å²) in [4.78, 5) is 19.0. The standard InChI is InChI=1S/C22H24FN5O3S/c23-20-13-17(4-3-16(20)15-24)26-9-11-28(12-10-26)22(29)19-14-18(32(25,30)31)5-6-21(19)27-7-1-2-8-27/h3-6,13-14H,1-2,7-12H2,(H2,25,30,31). The summed E-state index contributed by atoms with van der Waals surface area (Å²) in [6.07, 6.45) is 2.04. The van der Waals surface area contributed by atoms with Crippen molar-refractivity contribution in [3.05, 3.63) is 53.3 Å². The number of nitrogens with two attached hydrogens (primary N) is 1. The highest BCUT2D eigenvalue weighted by molar-refractivity contribution is 7.89. The first kappa shape index (κ1) is 22.0. The predicted molar refractivity (Wildman–Crippen MR) is 118 cm³/mol. The normalized spacial score (nSPS) is 16.8. The third kappa shape index (κ3) is 4.40. The second-order valence-corrected chi connectivity index (χ2v) is 9.53. The average molecular weight is 458 g/mol. The van der Waals surface area contributed by atoms with Crippen molar-refractivity contribution in [1.29, 1.82) is 5.26 Å². The molecule has 8 nitrogen and oxygen atoms in total. The molecule has 2 aliphatic rings. The van der Waals surface area contributed by atoms with Gasteiger partial charge in [0.2, 0.25) is 10.0 Å². The summed E-state index contributed by atoms with van der Waals surface area (Å²) in [6.45, 7) is 3.41. The van der Waals surface area contributed by atoms with Gasteiger partial charge in [-0.25, -0.2) is 17.9 Å². The number of hydrogen-bond acceptors (Lipinski definition) is 6. The Labute approximate surface area is 186 Å². The fourth-order valence-electron chi connectivity index (χ4n) is 4.23. The highest BCUT2D eigenvalue weighted by Gasteiger charge is 2.28. The fraction of sp³-hybridized carbons (Fsp3) is 0.364. The minimum Gasteiger partial charge on any atom is -0.371 e. The molecule has 0 bridgehead atoms. The Kier molecular flexibility index (Phi) is 6.04. The first-order valence-electron chi connectivity index (χ1n) is 10.4. The number of nitrogens with zero attached hydrogens (tertiary/aromatic N) is 4. The Balaban J connectivity index is 1.55. The smallest absolute Gasteiger partial charge is 0.256 e. The van der Waals surface area contributed by atoms with Crippen LogP contribution >= 0.6 is 0 Å². The number of carbonyl (C=O) groups excluding carboxylic acids is 1. The van der Waals surface area contributed by atoms with E-state index < -0.39 is 15.8 Å². The Morgan fingerprint density at radius 1 is 0.969 bits per heavy atom. The number of carbonyl (C=O) groups is 1. The second kappa shape index (κ2) is 8.76. The molecule has 2 aliphatic heterocycles. The molecule has 2 N–H and O–H groups in total. The van der Waals surface area contributed by atoms with Gasteiger partial charge in [0.05, 0.1) is 16.0 Å². The molecular weight excluding hydrogens is 433 g/mol. The van der Waals surface area contributed by atoms with Crippen molar-refractivity contribution in [1.82, 2.24) is 4.90 Å². The van der Waals surface area contributed by atoms with Gasteiger partial charge in [0, 0.05) is 50.6 Å². The van der Waals surface area contributed by atoms with E-state index in [2.05, 4.69) is 4.90 Å². The first-order chi connectivity index (χ1) is 15.3. The van der Waals surface area contributed by atoms with Crippen molar-refractivity contribution in [2.45, 2.75) is 17.7 Å². The number of sulfonamides is 1. The van der Waals surface area contributed by atoms with Gasteiger partial charge in [0.15, 0.2) is 0 Å². The Morgan fingerprint density at radius 3 is 2.25 bits per heavy atom.